The molecule has 1 aromatic carbocycles. The predicted molar refractivity (Wildman–Crippen MR) is 84.6 cm³/mol. The summed E-state index contributed by atoms with van der Waals surface area (Å²) in [6.45, 7) is 0.420. The van der Waals surface area contributed by atoms with Gasteiger partial charge in [0.25, 0.3) is 0 Å². The van der Waals surface area contributed by atoms with Crippen LogP contribution in [0.1, 0.15) is 15.9 Å². The van der Waals surface area contributed by atoms with Crippen LogP contribution in [-0.2, 0) is 16.1 Å². The van der Waals surface area contributed by atoms with Gasteiger partial charge in [-0.2, -0.15) is 0 Å². The summed E-state index contributed by atoms with van der Waals surface area (Å²) in [4.78, 5) is 27.2. The van der Waals surface area contributed by atoms with E-state index in [0.717, 1.165) is 10.6 Å². The largest absolute Gasteiger partial charge is 0.465 e. The van der Waals surface area contributed by atoms with Crippen molar-refractivity contribution in [2.75, 3.05) is 12.9 Å². The molecule has 0 aliphatic carbocycles. The van der Waals surface area contributed by atoms with Gasteiger partial charge in [-0.1, -0.05) is 30.0 Å². The summed E-state index contributed by atoms with van der Waals surface area (Å²) in [5.41, 5.74) is 1.41. The highest BCUT2D eigenvalue weighted by atomic mass is 32.2. The van der Waals surface area contributed by atoms with Crippen molar-refractivity contribution in [1.82, 2.24) is 10.3 Å². The van der Waals surface area contributed by atoms with Gasteiger partial charge >= 0.3 is 5.97 Å². The van der Waals surface area contributed by atoms with E-state index in [1.807, 2.05) is 18.2 Å². The smallest absolute Gasteiger partial charge is 0.337 e. The average Bonchev–Trinajstić information content (AvgIpc) is 2.58. The number of hydrogen-bond donors (Lipinski definition) is 1. The Morgan fingerprint density at radius 1 is 1.18 bits per heavy atom. The van der Waals surface area contributed by atoms with Crippen LogP contribution < -0.4 is 5.32 Å². The Morgan fingerprint density at radius 2 is 1.95 bits per heavy atom. The highest BCUT2D eigenvalue weighted by Gasteiger charge is 2.06. The van der Waals surface area contributed by atoms with Gasteiger partial charge in [0.15, 0.2) is 0 Å². The lowest BCUT2D eigenvalue weighted by atomic mass is 10.1. The first-order valence-electron chi connectivity index (χ1n) is 6.67. The topological polar surface area (TPSA) is 68.3 Å². The molecular formula is C16H16N2O3S. The van der Waals surface area contributed by atoms with Crippen LogP contribution in [0.5, 0.6) is 0 Å². The fourth-order valence-electron chi connectivity index (χ4n) is 1.70. The Labute approximate surface area is 133 Å². The molecular weight excluding hydrogens is 300 g/mol. The van der Waals surface area contributed by atoms with Crippen LogP contribution in [0.25, 0.3) is 0 Å². The minimum Gasteiger partial charge on any atom is -0.465 e. The van der Waals surface area contributed by atoms with Crippen LogP contribution in [0, 0.1) is 0 Å². The number of amides is 1. The van der Waals surface area contributed by atoms with E-state index in [1.165, 1.54) is 18.9 Å². The number of pyridine rings is 1. The summed E-state index contributed by atoms with van der Waals surface area (Å²) in [6.07, 6.45) is 1.70. The maximum absolute atomic E-state index is 11.8. The van der Waals surface area contributed by atoms with Crippen LogP contribution in [-0.4, -0.2) is 29.7 Å². The van der Waals surface area contributed by atoms with E-state index >= 15 is 0 Å². The van der Waals surface area contributed by atoms with E-state index < -0.39 is 0 Å². The number of carbonyl (C=O) groups is 2. The predicted octanol–water partition coefficient (Wildman–Crippen LogP) is 2.28. The third-order valence-corrected chi connectivity index (χ3v) is 3.80. The van der Waals surface area contributed by atoms with Gasteiger partial charge in [0, 0.05) is 12.7 Å². The van der Waals surface area contributed by atoms with Gasteiger partial charge in [-0.15, -0.1) is 0 Å². The molecule has 0 unspecified atom stereocenters. The molecule has 0 spiro atoms. The molecule has 1 aromatic heterocycles. The number of carbonyl (C=O) groups excluding carboxylic acids is 2. The molecule has 0 aliphatic rings. The van der Waals surface area contributed by atoms with Gasteiger partial charge in [0.1, 0.15) is 0 Å². The minimum absolute atomic E-state index is 0.0623. The van der Waals surface area contributed by atoms with Crippen molar-refractivity contribution in [3.05, 3.63) is 59.8 Å². The van der Waals surface area contributed by atoms with Gasteiger partial charge in [-0.25, -0.2) is 9.78 Å². The fraction of sp³-hybridized carbons (Fsp3) is 0.188. The second-order valence-corrected chi connectivity index (χ2v) is 5.42. The minimum atomic E-state index is -0.373. The lowest BCUT2D eigenvalue weighted by Gasteiger charge is -2.06. The zero-order valence-corrected chi connectivity index (χ0v) is 12.9. The molecule has 2 aromatic rings. The molecule has 0 saturated carbocycles. The summed E-state index contributed by atoms with van der Waals surface area (Å²) < 4.78 is 4.63. The van der Waals surface area contributed by atoms with Crippen LogP contribution >= 0.6 is 11.8 Å². The van der Waals surface area contributed by atoms with Crippen molar-refractivity contribution >= 4 is 23.6 Å². The number of hydrogen-bond acceptors (Lipinski definition) is 5. The van der Waals surface area contributed by atoms with Crippen LogP contribution in [0.15, 0.2) is 53.7 Å². The third-order valence-electron chi connectivity index (χ3n) is 2.85. The first-order chi connectivity index (χ1) is 10.7. The molecule has 0 fully saturated rings. The molecule has 0 saturated heterocycles. The lowest BCUT2D eigenvalue weighted by Crippen LogP contribution is -2.24. The molecule has 1 heterocycles. The maximum Gasteiger partial charge on any atom is 0.337 e. The number of benzene rings is 1. The SMILES string of the molecule is COC(=O)c1ccc(CNC(=O)CSc2ccccn2)cc1. The van der Waals surface area contributed by atoms with Gasteiger partial charge in [0.05, 0.1) is 23.5 Å². The maximum atomic E-state index is 11.8. The Morgan fingerprint density at radius 3 is 2.59 bits per heavy atom. The van der Waals surface area contributed by atoms with Gasteiger partial charge in [0.2, 0.25) is 5.91 Å². The number of methoxy groups -OCH3 is 1. The Hall–Kier alpha value is -2.34. The van der Waals surface area contributed by atoms with Crippen LogP contribution in [0.3, 0.4) is 0 Å². The number of rotatable bonds is 6. The monoisotopic (exact) mass is 316 g/mol. The molecule has 6 heteroatoms. The molecule has 22 heavy (non-hydrogen) atoms. The van der Waals surface area contributed by atoms with E-state index in [0.29, 0.717) is 17.9 Å². The summed E-state index contributed by atoms with van der Waals surface area (Å²) in [6, 6.07) is 12.5. The van der Waals surface area contributed by atoms with Crippen molar-refractivity contribution in [2.45, 2.75) is 11.6 Å². The molecule has 1 N–H and O–H groups in total. The van der Waals surface area contributed by atoms with E-state index in [1.54, 1.807) is 30.5 Å². The van der Waals surface area contributed by atoms with Gasteiger partial charge in [-0.3, -0.25) is 4.79 Å². The molecule has 0 bridgehead atoms. The van der Waals surface area contributed by atoms with Crippen molar-refractivity contribution in [3.8, 4) is 0 Å². The molecule has 1 amide bonds. The molecule has 5 nitrogen and oxygen atoms in total. The quantitative estimate of drug-likeness (QED) is 0.654. The van der Waals surface area contributed by atoms with E-state index in [2.05, 4.69) is 15.0 Å². The van der Waals surface area contributed by atoms with E-state index in [9.17, 15) is 9.59 Å². The van der Waals surface area contributed by atoms with Crippen molar-refractivity contribution in [3.63, 3.8) is 0 Å². The standard InChI is InChI=1S/C16H16N2O3S/c1-21-16(20)13-7-5-12(6-8-13)10-18-14(19)11-22-15-4-2-3-9-17-15/h2-9H,10-11H2,1H3,(H,18,19). The number of aromatic nitrogens is 1. The van der Waals surface area contributed by atoms with Crippen molar-refractivity contribution < 1.29 is 14.3 Å². The van der Waals surface area contributed by atoms with Crippen molar-refractivity contribution in [1.29, 1.82) is 0 Å². The van der Waals surface area contributed by atoms with E-state index in [-0.39, 0.29) is 11.9 Å². The Bertz CT molecular complexity index is 630. The van der Waals surface area contributed by atoms with Crippen molar-refractivity contribution in [2.24, 2.45) is 0 Å². The third kappa shape index (κ3) is 4.89. The van der Waals surface area contributed by atoms with Crippen LogP contribution in [0.2, 0.25) is 0 Å². The van der Waals surface area contributed by atoms with Crippen LogP contribution in [0.4, 0.5) is 0 Å². The lowest BCUT2D eigenvalue weighted by molar-refractivity contribution is -0.118. The summed E-state index contributed by atoms with van der Waals surface area (Å²) in [5.74, 6) is -0.118. The van der Waals surface area contributed by atoms with E-state index in [4.69, 9.17) is 0 Å². The first kappa shape index (κ1) is 16.0. The normalized spacial score (nSPS) is 10.0. The first-order valence-corrected chi connectivity index (χ1v) is 7.65. The van der Waals surface area contributed by atoms with Gasteiger partial charge in [-0.05, 0) is 29.8 Å². The zero-order chi connectivity index (χ0) is 15.8. The number of nitrogens with one attached hydrogen (secondary N) is 1. The van der Waals surface area contributed by atoms with Gasteiger partial charge < -0.3 is 10.1 Å². The Kier molecular flexibility index (Phi) is 5.97. The molecule has 0 radical (unpaired) electrons. The summed E-state index contributed by atoms with van der Waals surface area (Å²) in [5, 5.41) is 3.65. The molecule has 2 rings (SSSR count). The number of esters is 1. The highest BCUT2D eigenvalue weighted by Crippen LogP contribution is 2.13. The Balaban J connectivity index is 1.77. The fourth-order valence-corrected chi connectivity index (χ4v) is 2.39. The number of ether oxygens (including phenoxy) is 1. The molecule has 114 valence electrons. The number of nitrogens with zero attached hydrogens (tertiary/aromatic N) is 1. The summed E-state index contributed by atoms with van der Waals surface area (Å²) in [7, 11) is 1.34. The zero-order valence-electron chi connectivity index (χ0n) is 12.1. The highest BCUT2D eigenvalue weighted by molar-refractivity contribution is 7.99. The molecule has 0 aliphatic heterocycles. The average molecular weight is 316 g/mol. The second-order valence-electron chi connectivity index (χ2n) is 4.42. The number of thioether (sulfide) groups is 1. The summed E-state index contributed by atoms with van der Waals surface area (Å²) >= 11 is 1.39. The second kappa shape index (κ2) is 8.19. The molecule has 0 atom stereocenters.